The third-order valence-electron chi connectivity index (χ3n) is 0. The first-order chi connectivity index (χ1) is 2.83. The Labute approximate surface area is 92.5 Å². The maximum Gasteiger partial charge on any atom is 2.00 e. The summed E-state index contributed by atoms with van der Waals surface area (Å²) >= 11 is 0. The molecule has 0 fully saturated rings. The van der Waals surface area contributed by atoms with E-state index in [0.29, 0.717) is 12.9 Å². The molecule has 0 radical (unpaired) electrons. The van der Waals surface area contributed by atoms with Crippen molar-refractivity contribution < 1.29 is 25.3 Å². The van der Waals surface area contributed by atoms with Gasteiger partial charge in [-0.3, -0.25) is 0 Å². The summed E-state index contributed by atoms with van der Waals surface area (Å²) in [7, 11) is 0. The minimum absolute atomic E-state index is 0. The molecule has 0 heterocycles. The summed E-state index contributed by atoms with van der Waals surface area (Å²) in [5.74, 6) is 0. The number of aliphatic hydroxyl groups excluding tert-OH is 2. The molecule has 0 aliphatic carbocycles. The molecular formula is C2H7AlCaO5. The van der Waals surface area contributed by atoms with Crippen molar-refractivity contribution in [3.63, 3.8) is 0 Å². The van der Waals surface area contributed by atoms with Crippen LogP contribution in [0.1, 0.15) is 0 Å². The van der Waals surface area contributed by atoms with E-state index in [1.807, 2.05) is 0 Å². The minimum atomic E-state index is 0. The zero-order chi connectivity index (χ0) is 5.41. The summed E-state index contributed by atoms with van der Waals surface area (Å²) in [4.78, 5) is 16.5. The van der Waals surface area contributed by atoms with E-state index in [4.69, 9.17) is 19.8 Å². The van der Waals surface area contributed by atoms with Gasteiger partial charge in [-0.2, -0.15) is 0 Å². The van der Waals surface area contributed by atoms with Gasteiger partial charge in [0, 0.05) is 0 Å². The maximum absolute atomic E-state index is 8.24. The Morgan fingerprint density at radius 3 is 1.00 bits per heavy atom. The summed E-state index contributed by atoms with van der Waals surface area (Å²) in [5.41, 5.74) is 0. The first-order valence-electron chi connectivity index (χ1n) is 0.855. The Balaban J connectivity index is -0.00000000889. The average molecular weight is 178 g/mol. The molecule has 0 saturated heterocycles. The molecule has 0 saturated carbocycles. The maximum atomic E-state index is 8.24. The van der Waals surface area contributed by atoms with Crippen LogP contribution in [-0.2, 0) is 9.59 Å². The molecular weight excluding hydrogens is 171 g/mol. The fourth-order valence-electron chi connectivity index (χ4n) is 0. The van der Waals surface area contributed by atoms with Crippen LogP contribution in [0.4, 0.5) is 0 Å². The monoisotopic (exact) mass is 178 g/mol. The van der Waals surface area contributed by atoms with Crippen LogP contribution in [0, 0.1) is 0 Å². The molecule has 0 aromatic carbocycles. The van der Waals surface area contributed by atoms with Gasteiger partial charge in [0.25, 0.3) is 0 Å². The third kappa shape index (κ3) is 812. The van der Waals surface area contributed by atoms with Gasteiger partial charge >= 0.3 is 37.7 Å². The number of hydrogen-bond acceptors (Lipinski definition) is 2. The van der Waals surface area contributed by atoms with E-state index >= 15 is 0 Å². The molecule has 9 heavy (non-hydrogen) atoms. The summed E-state index contributed by atoms with van der Waals surface area (Å²) in [6.07, 6.45) is 0. The van der Waals surface area contributed by atoms with Crippen LogP contribution >= 0.6 is 0 Å². The molecule has 0 unspecified atom stereocenters. The van der Waals surface area contributed by atoms with Gasteiger partial charge in [0.1, 0.15) is 0 Å². The Morgan fingerprint density at radius 1 is 1.00 bits per heavy atom. The molecule has 0 spiro atoms. The van der Waals surface area contributed by atoms with Crippen molar-refractivity contribution >= 4 is 68.0 Å². The Hall–Kier alpha value is 0.692. The molecule has 0 aromatic heterocycles. The molecule has 7 heteroatoms. The van der Waals surface area contributed by atoms with E-state index in [-0.39, 0.29) is 60.6 Å². The number of rotatable bonds is 0. The predicted octanol–water partition coefficient (Wildman–Crippen LogP) is -3.17. The van der Waals surface area contributed by atoms with E-state index in [2.05, 4.69) is 0 Å². The van der Waals surface area contributed by atoms with E-state index in [9.17, 15) is 0 Å². The van der Waals surface area contributed by atoms with E-state index in [1.54, 1.807) is 0 Å². The van der Waals surface area contributed by atoms with Crippen molar-refractivity contribution in [2.75, 3.05) is 0 Å². The van der Waals surface area contributed by atoms with Crippen molar-refractivity contribution in [2.45, 2.75) is 0 Å². The molecule has 0 aromatic rings. The van der Waals surface area contributed by atoms with E-state index in [0.717, 1.165) is 0 Å². The van der Waals surface area contributed by atoms with Crippen molar-refractivity contribution in [1.29, 1.82) is 0 Å². The SMILES string of the molecule is O.O=[C-]O.O=[C-]O.[AlH3].[Ca+2]. The quantitative estimate of drug-likeness (QED) is 0.301. The molecule has 5 nitrogen and oxygen atoms in total. The molecule has 4 N–H and O–H groups in total. The van der Waals surface area contributed by atoms with Crippen LogP contribution in [0.5, 0.6) is 0 Å². The van der Waals surface area contributed by atoms with Crippen molar-refractivity contribution in [3.05, 3.63) is 0 Å². The standard InChI is InChI=1S/2CHO2.Al.Ca.H2O.3H/c2*2-1-3;;;;;;/h2*(H,2,3);;;1H2;;;/q2*-1;;+2;;;;. The second kappa shape index (κ2) is 71.0. The van der Waals surface area contributed by atoms with Crippen LogP contribution in [0.25, 0.3) is 0 Å². The zero-order valence-electron chi connectivity index (χ0n) is 3.92. The van der Waals surface area contributed by atoms with Gasteiger partial charge in [0.15, 0.2) is 17.4 Å². The van der Waals surface area contributed by atoms with Gasteiger partial charge in [-0.15, -0.1) is 0 Å². The third-order valence-corrected chi connectivity index (χ3v) is 0. The normalized spacial score (nSPS) is 2.67. The van der Waals surface area contributed by atoms with E-state index in [1.165, 1.54) is 0 Å². The number of hydrogen-bond donors (Lipinski definition) is 2. The summed E-state index contributed by atoms with van der Waals surface area (Å²) < 4.78 is 0. The Bertz CT molecular complexity index is 35.9. The fourth-order valence-corrected chi connectivity index (χ4v) is 0. The van der Waals surface area contributed by atoms with Gasteiger partial charge in [-0.05, 0) is 0 Å². The zero-order valence-corrected chi connectivity index (χ0v) is 6.13. The second-order valence-corrected chi connectivity index (χ2v) is 0.183. The molecule has 0 amide bonds. The molecule has 0 bridgehead atoms. The topological polar surface area (TPSA) is 106 Å². The summed E-state index contributed by atoms with van der Waals surface area (Å²) in [5, 5.41) is 13.5. The van der Waals surface area contributed by atoms with Gasteiger partial charge < -0.3 is 25.3 Å². The smallest absolute Gasteiger partial charge is 0.665 e. The predicted molar refractivity (Wildman–Crippen MR) is 36.0 cm³/mol. The second-order valence-electron chi connectivity index (χ2n) is 0.183. The van der Waals surface area contributed by atoms with Crippen molar-refractivity contribution in [3.8, 4) is 0 Å². The van der Waals surface area contributed by atoms with Crippen molar-refractivity contribution in [1.82, 2.24) is 0 Å². The Kier molecular flexibility index (Phi) is 262. The molecule has 50 valence electrons. The minimum Gasteiger partial charge on any atom is -0.665 e. The Morgan fingerprint density at radius 2 is 1.00 bits per heavy atom. The van der Waals surface area contributed by atoms with Gasteiger partial charge in [0.2, 0.25) is 0 Å². The van der Waals surface area contributed by atoms with Crippen LogP contribution in [0.2, 0.25) is 0 Å². The average Bonchev–Trinajstić information content (AvgIpc) is 1.39. The summed E-state index contributed by atoms with van der Waals surface area (Å²) in [6, 6.07) is 0. The molecule has 0 aliphatic heterocycles. The van der Waals surface area contributed by atoms with E-state index < -0.39 is 0 Å². The van der Waals surface area contributed by atoms with Gasteiger partial charge in [-0.25, -0.2) is 0 Å². The van der Waals surface area contributed by atoms with Crippen LogP contribution in [0.15, 0.2) is 0 Å². The van der Waals surface area contributed by atoms with Gasteiger partial charge in [-0.1, -0.05) is 12.9 Å². The summed E-state index contributed by atoms with van der Waals surface area (Å²) in [6.45, 7) is 1.00. The first-order valence-corrected chi connectivity index (χ1v) is 0.855. The van der Waals surface area contributed by atoms with Crippen molar-refractivity contribution in [2.24, 2.45) is 0 Å². The first kappa shape index (κ1) is 33.3. The van der Waals surface area contributed by atoms with Gasteiger partial charge in [0.05, 0.1) is 0 Å². The molecule has 0 aliphatic rings. The molecule has 0 atom stereocenters. The molecule has 0 rings (SSSR count). The fraction of sp³-hybridized carbons (Fsp3) is 0. The largest absolute Gasteiger partial charge is 2.00 e. The van der Waals surface area contributed by atoms with Crippen LogP contribution in [-0.4, -0.2) is 83.7 Å². The van der Waals surface area contributed by atoms with Crippen LogP contribution < -0.4 is 0 Å². The van der Waals surface area contributed by atoms with Crippen LogP contribution in [0.3, 0.4) is 0 Å².